The van der Waals surface area contributed by atoms with Crippen LogP contribution in [0.2, 0.25) is 0 Å². The van der Waals surface area contributed by atoms with Gasteiger partial charge in [-0.25, -0.2) is 0 Å². The number of aliphatic hydroxyl groups is 2. The van der Waals surface area contributed by atoms with Crippen LogP contribution in [-0.2, 0) is 16.0 Å². The highest BCUT2D eigenvalue weighted by molar-refractivity contribution is 5.79. The summed E-state index contributed by atoms with van der Waals surface area (Å²) in [5.74, 6) is -4.10. The van der Waals surface area contributed by atoms with E-state index in [-0.39, 0.29) is 24.8 Å². The summed E-state index contributed by atoms with van der Waals surface area (Å²) >= 11 is 0. The third-order valence-corrected chi connectivity index (χ3v) is 3.36. The SMILES string of the molecule is O=C(O)CC1=CCC(O)(O)C(c2cccc(CC(=O)O)c2)=C1. The topological polar surface area (TPSA) is 115 Å². The molecule has 1 aliphatic rings. The summed E-state index contributed by atoms with van der Waals surface area (Å²) in [7, 11) is 0. The number of hydrogen-bond donors (Lipinski definition) is 4. The van der Waals surface area contributed by atoms with Crippen molar-refractivity contribution in [2.75, 3.05) is 0 Å². The Kier molecular flexibility index (Phi) is 4.44. The Balaban J connectivity index is 2.38. The van der Waals surface area contributed by atoms with Crippen LogP contribution in [0.15, 0.2) is 42.0 Å². The van der Waals surface area contributed by atoms with Crippen LogP contribution in [-0.4, -0.2) is 38.2 Å². The van der Waals surface area contributed by atoms with Crippen molar-refractivity contribution in [3.63, 3.8) is 0 Å². The lowest BCUT2D eigenvalue weighted by molar-refractivity contribution is -0.137. The number of carboxylic acid groups (broad SMARTS) is 2. The lowest BCUT2D eigenvalue weighted by atomic mass is 9.87. The Morgan fingerprint density at radius 2 is 1.77 bits per heavy atom. The summed E-state index contributed by atoms with van der Waals surface area (Å²) in [6.45, 7) is 0. The molecule has 0 atom stereocenters. The van der Waals surface area contributed by atoms with Crippen molar-refractivity contribution in [2.24, 2.45) is 0 Å². The molecule has 0 amide bonds. The molecule has 0 unspecified atom stereocenters. The molecule has 0 heterocycles. The van der Waals surface area contributed by atoms with E-state index in [1.165, 1.54) is 12.2 Å². The van der Waals surface area contributed by atoms with Gasteiger partial charge < -0.3 is 20.4 Å². The number of benzene rings is 1. The van der Waals surface area contributed by atoms with Crippen molar-refractivity contribution in [3.05, 3.63) is 53.1 Å². The Bertz CT molecular complexity index is 669. The highest BCUT2D eigenvalue weighted by atomic mass is 16.5. The Hall–Kier alpha value is -2.44. The van der Waals surface area contributed by atoms with Gasteiger partial charge in [-0.05, 0) is 22.8 Å². The molecule has 0 spiro atoms. The minimum Gasteiger partial charge on any atom is -0.481 e. The average molecular weight is 304 g/mol. The van der Waals surface area contributed by atoms with Crippen LogP contribution < -0.4 is 0 Å². The third kappa shape index (κ3) is 3.81. The molecule has 0 saturated heterocycles. The van der Waals surface area contributed by atoms with E-state index in [2.05, 4.69) is 0 Å². The van der Waals surface area contributed by atoms with E-state index in [1.807, 2.05) is 0 Å². The van der Waals surface area contributed by atoms with Crippen molar-refractivity contribution < 1.29 is 30.0 Å². The average Bonchev–Trinajstić information content (AvgIpc) is 2.40. The van der Waals surface area contributed by atoms with Gasteiger partial charge in [0.25, 0.3) is 0 Å². The largest absolute Gasteiger partial charge is 0.481 e. The maximum atomic E-state index is 10.8. The van der Waals surface area contributed by atoms with Crippen LogP contribution in [0.3, 0.4) is 0 Å². The fourth-order valence-corrected chi connectivity index (χ4v) is 2.38. The number of allylic oxidation sites excluding steroid dienone is 1. The first-order valence-corrected chi connectivity index (χ1v) is 6.67. The second kappa shape index (κ2) is 6.13. The van der Waals surface area contributed by atoms with Crippen molar-refractivity contribution in [3.8, 4) is 0 Å². The molecule has 0 fully saturated rings. The fourth-order valence-electron chi connectivity index (χ4n) is 2.38. The second-order valence-electron chi connectivity index (χ2n) is 5.20. The van der Waals surface area contributed by atoms with Gasteiger partial charge in [-0.15, -0.1) is 0 Å². The molecule has 0 bridgehead atoms. The monoisotopic (exact) mass is 304 g/mol. The second-order valence-corrected chi connectivity index (χ2v) is 5.20. The summed E-state index contributed by atoms with van der Waals surface area (Å²) in [6.07, 6.45) is 2.39. The van der Waals surface area contributed by atoms with Gasteiger partial charge >= 0.3 is 11.9 Å². The molecule has 0 saturated carbocycles. The van der Waals surface area contributed by atoms with E-state index in [1.54, 1.807) is 24.3 Å². The van der Waals surface area contributed by atoms with Crippen LogP contribution >= 0.6 is 0 Å². The van der Waals surface area contributed by atoms with E-state index in [4.69, 9.17) is 10.2 Å². The van der Waals surface area contributed by atoms with Gasteiger partial charge in [0, 0.05) is 12.0 Å². The van der Waals surface area contributed by atoms with Crippen molar-refractivity contribution in [1.82, 2.24) is 0 Å². The first-order chi connectivity index (χ1) is 10.3. The van der Waals surface area contributed by atoms with Gasteiger partial charge in [0.2, 0.25) is 0 Å². The summed E-state index contributed by atoms with van der Waals surface area (Å²) in [5.41, 5.74) is 1.62. The normalized spacial score (nSPS) is 16.6. The molecule has 0 aromatic heterocycles. The summed E-state index contributed by atoms with van der Waals surface area (Å²) in [5, 5.41) is 37.8. The molecule has 6 nitrogen and oxygen atoms in total. The minimum absolute atomic E-state index is 0.120. The Morgan fingerprint density at radius 1 is 1.09 bits per heavy atom. The van der Waals surface area contributed by atoms with E-state index < -0.39 is 17.7 Å². The lowest BCUT2D eigenvalue weighted by Crippen LogP contribution is -2.31. The quantitative estimate of drug-likeness (QED) is 0.607. The van der Waals surface area contributed by atoms with Crippen molar-refractivity contribution in [1.29, 1.82) is 0 Å². The van der Waals surface area contributed by atoms with Crippen LogP contribution in [0.4, 0.5) is 0 Å². The predicted molar refractivity (Wildman–Crippen MR) is 77.9 cm³/mol. The maximum Gasteiger partial charge on any atom is 0.307 e. The van der Waals surface area contributed by atoms with Crippen LogP contribution in [0.5, 0.6) is 0 Å². The first-order valence-electron chi connectivity index (χ1n) is 6.67. The number of rotatable bonds is 5. The molecule has 116 valence electrons. The smallest absolute Gasteiger partial charge is 0.307 e. The molecule has 4 N–H and O–H groups in total. The molecule has 0 radical (unpaired) electrons. The molecule has 6 heteroatoms. The van der Waals surface area contributed by atoms with Crippen molar-refractivity contribution in [2.45, 2.75) is 25.0 Å². The Labute approximate surface area is 126 Å². The fraction of sp³-hybridized carbons (Fsp3) is 0.250. The maximum absolute atomic E-state index is 10.8. The molecule has 0 aliphatic heterocycles. The van der Waals surface area contributed by atoms with E-state index in [9.17, 15) is 19.8 Å². The molecular formula is C16H16O6. The molecule has 2 rings (SSSR count). The van der Waals surface area contributed by atoms with Gasteiger partial charge in [-0.3, -0.25) is 9.59 Å². The third-order valence-electron chi connectivity index (χ3n) is 3.36. The highest BCUT2D eigenvalue weighted by Gasteiger charge is 2.32. The highest BCUT2D eigenvalue weighted by Crippen LogP contribution is 2.34. The van der Waals surface area contributed by atoms with E-state index in [0.29, 0.717) is 16.7 Å². The molecule has 1 aromatic rings. The molecule has 22 heavy (non-hydrogen) atoms. The number of carbonyl (C=O) groups is 2. The van der Waals surface area contributed by atoms with Crippen LogP contribution in [0.25, 0.3) is 5.57 Å². The van der Waals surface area contributed by atoms with Crippen LogP contribution in [0.1, 0.15) is 24.0 Å². The van der Waals surface area contributed by atoms with Gasteiger partial charge in [-0.1, -0.05) is 30.3 Å². The van der Waals surface area contributed by atoms with Gasteiger partial charge in [-0.2, -0.15) is 0 Å². The molecule has 1 aromatic carbocycles. The minimum atomic E-state index is -2.11. The van der Waals surface area contributed by atoms with Gasteiger partial charge in [0.05, 0.1) is 12.8 Å². The molecular weight excluding hydrogens is 288 g/mol. The van der Waals surface area contributed by atoms with E-state index >= 15 is 0 Å². The van der Waals surface area contributed by atoms with Crippen LogP contribution in [0, 0.1) is 0 Å². The zero-order chi connectivity index (χ0) is 16.3. The Morgan fingerprint density at radius 3 is 2.41 bits per heavy atom. The number of hydrogen-bond acceptors (Lipinski definition) is 4. The number of carboxylic acids is 2. The zero-order valence-corrected chi connectivity index (χ0v) is 11.7. The summed E-state index contributed by atoms with van der Waals surface area (Å²) < 4.78 is 0. The van der Waals surface area contributed by atoms with Crippen molar-refractivity contribution >= 4 is 17.5 Å². The standard InChI is InChI=1S/C16H16O6/c17-14(18)8-10-2-1-3-12(6-10)13-7-11(9-15(19)20)4-5-16(13,21)22/h1-4,6-7,21-22H,5,8-9H2,(H,17,18)(H,19,20). The summed E-state index contributed by atoms with van der Waals surface area (Å²) in [6, 6.07) is 6.44. The lowest BCUT2D eigenvalue weighted by Gasteiger charge is -2.28. The first kappa shape index (κ1) is 15.9. The van der Waals surface area contributed by atoms with Gasteiger partial charge in [0.1, 0.15) is 0 Å². The zero-order valence-electron chi connectivity index (χ0n) is 11.7. The summed E-state index contributed by atoms with van der Waals surface area (Å²) in [4.78, 5) is 21.6. The van der Waals surface area contributed by atoms with E-state index in [0.717, 1.165) is 0 Å². The number of aliphatic carboxylic acids is 2. The predicted octanol–water partition coefficient (Wildman–Crippen LogP) is 1.18. The van der Waals surface area contributed by atoms with Gasteiger partial charge in [0.15, 0.2) is 5.79 Å². The molecule has 1 aliphatic carbocycles.